The Morgan fingerprint density at radius 3 is 2.42 bits per heavy atom. The van der Waals surface area contributed by atoms with Gasteiger partial charge in [0.15, 0.2) is 0 Å². The maximum Gasteiger partial charge on any atom is 0.237 e. The number of aromatic nitrogens is 4. The van der Waals surface area contributed by atoms with Gasteiger partial charge in [-0.3, -0.25) is 9.99 Å². The van der Waals surface area contributed by atoms with Crippen molar-refractivity contribution in [2.75, 3.05) is 10.7 Å². The molecule has 5 aromatic rings. The summed E-state index contributed by atoms with van der Waals surface area (Å²) in [6, 6.07) is 28.0. The Bertz CT molecular complexity index is 1500. The number of rotatable bonds is 4. The Morgan fingerprint density at radius 1 is 0.879 bits per heavy atom. The number of fused-ring (bicyclic) bond motifs is 2. The summed E-state index contributed by atoms with van der Waals surface area (Å²) in [5, 5.41) is 4.43. The highest BCUT2D eigenvalue weighted by Gasteiger charge is 2.29. The molecule has 0 unspecified atom stereocenters. The van der Waals surface area contributed by atoms with E-state index in [4.69, 9.17) is 15.0 Å². The van der Waals surface area contributed by atoms with Crippen LogP contribution >= 0.6 is 0 Å². The SMILES string of the molecule is Cc1[nH]c2ccccc2c1[C@H]1NNc2nc(Nc3ccccc3)nc(=Nc3ccccc3)n21. The fourth-order valence-electron chi connectivity index (χ4n) is 4.20. The average molecular weight is 435 g/mol. The maximum atomic E-state index is 4.87. The van der Waals surface area contributed by atoms with E-state index in [1.54, 1.807) is 0 Å². The molecular formula is C25H22N8. The molecular weight excluding hydrogens is 412 g/mol. The molecule has 0 aliphatic carbocycles. The number of para-hydroxylation sites is 3. The molecule has 1 aliphatic heterocycles. The summed E-state index contributed by atoms with van der Waals surface area (Å²) in [6.45, 7) is 2.08. The van der Waals surface area contributed by atoms with Gasteiger partial charge in [-0.05, 0) is 37.3 Å². The highest BCUT2D eigenvalue weighted by Crippen LogP contribution is 2.32. The van der Waals surface area contributed by atoms with E-state index in [0.717, 1.165) is 33.5 Å². The van der Waals surface area contributed by atoms with Crippen molar-refractivity contribution >= 4 is 34.2 Å². The van der Waals surface area contributed by atoms with Gasteiger partial charge in [-0.1, -0.05) is 54.6 Å². The largest absolute Gasteiger partial charge is 0.358 e. The molecule has 0 radical (unpaired) electrons. The lowest BCUT2D eigenvalue weighted by atomic mass is 10.1. The normalized spacial score (nSPS) is 15.4. The lowest BCUT2D eigenvalue weighted by Gasteiger charge is -2.15. The number of nitrogens with one attached hydrogen (secondary N) is 4. The van der Waals surface area contributed by atoms with E-state index in [1.165, 1.54) is 0 Å². The molecule has 1 aliphatic rings. The fourth-order valence-corrected chi connectivity index (χ4v) is 4.20. The first-order chi connectivity index (χ1) is 16.3. The molecule has 8 heteroatoms. The summed E-state index contributed by atoms with van der Waals surface area (Å²) in [6.07, 6.45) is -0.232. The monoisotopic (exact) mass is 434 g/mol. The van der Waals surface area contributed by atoms with E-state index >= 15 is 0 Å². The van der Waals surface area contributed by atoms with Crippen molar-refractivity contribution in [1.82, 2.24) is 24.9 Å². The molecule has 0 saturated heterocycles. The van der Waals surface area contributed by atoms with Crippen LogP contribution in [0.3, 0.4) is 0 Å². The smallest absolute Gasteiger partial charge is 0.237 e. The van der Waals surface area contributed by atoms with Crippen LogP contribution in [0.25, 0.3) is 10.9 Å². The summed E-state index contributed by atoms with van der Waals surface area (Å²) in [5.41, 5.74) is 12.2. The Hall–Kier alpha value is -4.43. The number of benzene rings is 3. The number of aromatic amines is 1. The molecule has 6 rings (SSSR count). The van der Waals surface area contributed by atoms with Crippen LogP contribution in [-0.2, 0) is 0 Å². The fraction of sp³-hybridized carbons (Fsp3) is 0.0800. The molecule has 1 atom stereocenters. The van der Waals surface area contributed by atoms with Gasteiger partial charge in [0.25, 0.3) is 0 Å². The van der Waals surface area contributed by atoms with E-state index in [2.05, 4.69) is 40.2 Å². The number of hydrogen-bond acceptors (Lipinski definition) is 6. The van der Waals surface area contributed by atoms with Gasteiger partial charge in [-0.15, -0.1) is 0 Å². The Morgan fingerprint density at radius 2 is 1.61 bits per heavy atom. The summed E-state index contributed by atoms with van der Waals surface area (Å²) in [4.78, 5) is 17.9. The predicted molar refractivity (Wildman–Crippen MR) is 129 cm³/mol. The molecule has 0 bridgehead atoms. The molecule has 8 nitrogen and oxygen atoms in total. The lowest BCUT2D eigenvalue weighted by molar-refractivity contribution is 0.538. The number of aryl methyl sites for hydroxylation is 1. The third-order valence-electron chi connectivity index (χ3n) is 5.67. The van der Waals surface area contributed by atoms with Crippen molar-refractivity contribution < 1.29 is 0 Å². The van der Waals surface area contributed by atoms with Crippen molar-refractivity contribution in [3.63, 3.8) is 0 Å². The lowest BCUT2D eigenvalue weighted by Crippen LogP contribution is -2.31. The van der Waals surface area contributed by atoms with E-state index in [0.29, 0.717) is 17.5 Å². The summed E-state index contributed by atoms with van der Waals surface area (Å²) >= 11 is 0. The van der Waals surface area contributed by atoms with Crippen LogP contribution in [0, 0.1) is 6.92 Å². The van der Waals surface area contributed by atoms with Gasteiger partial charge in [0.2, 0.25) is 17.5 Å². The third kappa shape index (κ3) is 3.52. The number of hydrazine groups is 1. The number of nitrogens with zero attached hydrogens (tertiary/aromatic N) is 4. The zero-order valence-electron chi connectivity index (χ0n) is 17.9. The standard InChI is InChI=1S/C25H22N8/c1-16-21(19-14-8-9-15-20(19)26-16)22-31-32-25-30-23(27-17-10-4-2-5-11-17)29-24(33(22)25)28-18-12-6-3-7-13-18/h2-15,22,26,31H,1H3,(H2,27,28,29,30,32)/t22-/m0/s1. The van der Waals surface area contributed by atoms with Crippen LogP contribution in [0.5, 0.6) is 0 Å². The number of hydrogen-bond donors (Lipinski definition) is 4. The van der Waals surface area contributed by atoms with Crippen LogP contribution in [0.4, 0.5) is 23.3 Å². The van der Waals surface area contributed by atoms with Crippen LogP contribution in [0.15, 0.2) is 89.9 Å². The van der Waals surface area contributed by atoms with E-state index in [1.807, 2.05) is 77.4 Å². The quantitative estimate of drug-likeness (QED) is 0.334. The second kappa shape index (κ2) is 7.92. The van der Waals surface area contributed by atoms with Gasteiger partial charge in [0, 0.05) is 27.8 Å². The first-order valence-corrected chi connectivity index (χ1v) is 10.8. The van der Waals surface area contributed by atoms with Crippen molar-refractivity contribution in [1.29, 1.82) is 0 Å². The Kier molecular flexibility index (Phi) is 4.63. The number of anilines is 3. The highest BCUT2D eigenvalue weighted by molar-refractivity contribution is 5.85. The Labute approximate surface area is 190 Å². The van der Waals surface area contributed by atoms with Crippen LogP contribution in [0.1, 0.15) is 17.4 Å². The summed E-state index contributed by atoms with van der Waals surface area (Å²) in [7, 11) is 0. The minimum atomic E-state index is -0.232. The van der Waals surface area contributed by atoms with Crippen LogP contribution in [-0.4, -0.2) is 19.5 Å². The molecule has 4 N–H and O–H groups in total. The van der Waals surface area contributed by atoms with E-state index < -0.39 is 0 Å². The molecule has 0 fully saturated rings. The number of H-pyrrole nitrogens is 1. The zero-order valence-corrected chi connectivity index (χ0v) is 17.9. The molecule has 0 amide bonds. The van der Waals surface area contributed by atoms with Gasteiger partial charge in [-0.25, -0.2) is 10.4 Å². The van der Waals surface area contributed by atoms with E-state index in [-0.39, 0.29) is 6.17 Å². The minimum absolute atomic E-state index is 0.232. The maximum absolute atomic E-state index is 4.87. The predicted octanol–water partition coefficient (Wildman–Crippen LogP) is 4.52. The first kappa shape index (κ1) is 19.3. The van der Waals surface area contributed by atoms with Gasteiger partial charge >= 0.3 is 0 Å². The van der Waals surface area contributed by atoms with E-state index in [9.17, 15) is 0 Å². The molecule has 3 heterocycles. The third-order valence-corrected chi connectivity index (χ3v) is 5.67. The van der Waals surface area contributed by atoms with Crippen LogP contribution in [0.2, 0.25) is 0 Å². The van der Waals surface area contributed by atoms with Crippen molar-refractivity contribution in [2.24, 2.45) is 4.99 Å². The first-order valence-electron chi connectivity index (χ1n) is 10.8. The highest BCUT2D eigenvalue weighted by atomic mass is 15.6. The molecule has 33 heavy (non-hydrogen) atoms. The Balaban J connectivity index is 1.54. The van der Waals surface area contributed by atoms with Crippen molar-refractivity contribution in [3.05, 3.63) is 102 Å². The molecule has 2 aromatic heterocycles. The van der Waals surface area contributed by atoms with Crippen LogP contribution < -0.4 is 21.8 Å². The zero-order chi connectivity index (χ0) is 22.2. The van der Waals surface area contributed by atoms with Gasteiger partial charge in [-0.2, -0.15) is 9.97 Å². The molecule has 0 saturated carbocycles. The molecule has 0 spiro atoms. The molecule has 162 valence electrons. The van der Waals surface area contributed by atoms with Gasteiger partial charge in [0.1, 0.15) is 6.17 Å². The van der Waals surface area contributed by atoms with Gasteiger partial charge in [0.05, 0.1) is 5.69 Å². The molecule has 3 aromatic carbocycles. The second-order valence-electron chi connectivity index (χ2n) is 7.86. The van der Waals surface area contributed by atoms with Crippen molar-refractivity contribution in [2.45, 2.75) is 13.1 Å². The second-order valence-corrected chi connectivity index (χ2v) is 7.86. The average Bonchev–Trinajstić information content (AvgIpc) is 3.40. The topological polar surface area (TPSA) is 94.9 Å². The summed E-state index contributed by atoms with van der Waals surface area (Å²) in [5.74, 6) is 1.10. The minimum Gasteiger partial charge on any atom is -0.358 e. The van der Waals surface area contributed by atoms with Crippen molar-refractivity contribution in [3.8, 4) is 0 Å². The van der Waals surface area contributed by atoms with Gasteiger partial charge < -0.3 is 10.3 Å². The summed E-state index contributed by atoms with van der Waals surface area (Å²) < 4.78 is 1.99.